The van der Waals surface area contributed by atoms with E-state index in [1.807, 2.05) is 12.3 Å². The van der Waals surface area contributed by atoms with Crippen molar-refractivity contribution in [3.8, 4) is 0 Å². The van der Waals surface area contributed by atoms with Gasteiger partial charge >= 0.3 is 0 Å². The third-order valence-electron chi connectivity index (χ3n) is 20.2. The molecular formula is C51H77N3O9. The number of rotatable bonds is 8. The highest BCUT2D eigenvalue weighted by Gasteiger charge is 2.78. The second-order valence-electron chi connectivity index (χ2n) is 23.1. The number of carbonyl (C=O) groups is 1. The van der Waals surface area contributed by atoms with Crippen LogP contribution in [-0.2, 0) is 9.53 Å². The van der Waals surface area contributed by atoms with Crippen molar-refractivity contribution in [1.82, 2.24) is 10.6 Å². The summed E-state index contributed by atoms with van der Waals surface area (Å²) in [5.41, 5.74) is 1.21. The van der Waals surface area contributed by atoms with E-state index in [2.05, 4.69) is 42.7 Å². The van der Waals surface area contributed by atoms with E-state index in [1.165, 1.54) is 6.42 Å². The summed E-state index contributed by atoms with van der Waals surface area (Å²) in [5, 5.41) is 93.8. The van der Waals surface area contributed by atoms with Crippen molar-refractivity contribution in [3.63, 3.8) is 0 Å². The minimum absolute atomic E-state index is 0.0843. The number of ketones is 1. The Kier molecular flexibility index (Phi) is 11.2. The Morgan fingerprint density at radius 1 is 0.968 bits per heavy atom. The van der Waals surface area contributed by atoms with Crippen molar-refractivity contribution in [3.05, 3.63) is 47.3 Å². The molecule has 11 N–H and O–H groups in total. The lowest BCUT2D eigenvalue weighted by Gasteiger charge is -2.69. The number of hydrogen-bond donors (Lipinski definition) is 10. The van der Waals surface area contributed by atoms with Crippen molar-refractivity contribution < 1.29 is 45.3 Å². The van der Waals surface area contributed by atoms with E-state index in [-0.39, 0.29) is 79.4 Å². The third-order valence-corrected chi connectivity index (χ3v) is 20.2. The van der Waals surface area contributed by atoms with Crippen molar-refractivity contribution >= 4 is 5.78 Å². The molecular weight excluding hydrogens is 799 g/mol. The van der Waals surface area contributed by atoms with E-state index < -0.39 is 75.9 Å². The molecule has 2 bridgehead atoms. The molecule has 12 heteroatoms. The molecule has 22 atom stereocenters. The van der Waals surface area contributed by atoms with E-state index >= 15 is 4.79 Å². The van der Waals surface area contributed by atoms with Gasteiger partial charge in [0.2, 0.25) is 0 Å². The van der Waals surface area contributed by atoms with Gasteiger partial charge in [-0.15, -0.1) is 0 Å². The second-order valence-corrected chi connectivity index (χ2v) is 23.1. The normalized spacial score (nSPS) is 52.4. The van der Waals surface area contributed by atoms with Crippen LogP contribution in [0.5, 0.6) is 0 Å². The van der Waals surface area contributed by atoms with Crippen molar-refractivity contribution in [2.45, 2.75) is 184 Å². The quantitative estimate of drug-likeness (QED) is 0.157. The summed E-state index contributed by atoms with van der Waals surface area (Å²) in [6.45, 7) is 7.79. The summed E-state index contributed by atoms with van der Waals surface area (Å²) >= 11 is 0. The number of dihydropyridines is 1. The van der Waals surface area contributed by atoms with Gasteiger partial charge in [0.25, 0.3) is 0 Å². The van der Waals surface area contributed by atoms with Crippen LogP contribution in [0.1, 0.15) is 124 Å². The van der Waals surface area contributed by atoms with Gasteiger partial charge in [0, 0.05) is 35.9 Å². The van der Waals surface area contributed by atoms with Crippen molar-refractivity contribution in [2.75, 3.05) is 6.54 Å². The highest BCUT2D eigenvalue weighted by molar-refractivity contribution is 6.00. The molecule has 2 heterocycles. The molecule has 0 aromatic rings. The largest absolute Gasteiger partial charge is 0.393 e. The Morgan fingerprint density at radius 3 is 2.46 bits per heavy atom. The van der Waals surface area contributed by atoms with Gasteiger partial charge in [-0.3, -0.25) is 4.79 Å². The van der Waals surface area contributed by atoms with Crippen LogP contribution in [0.2, 0.25) is 0 Å². The molecule has 1 spiro atoms. The first-order valence-electron chi connectivity index (χ1n) is 25.1. The minimum Gasteiger partial charge on any atom is -0.393 e. The predicted octanol–water partition coefficient (Wildman–Crippen LogP) is 3.86. The Bertz CT molecular complexity index is 1930. The van der Waals surface area contributed by atoms with E-state index in [1.54, 1.807) is 13.8 Å². The number of Topliss-reactive ketones (excluding diaryl/α,β-unsaturated/α-hetero) is 1. The molecule has 10 aliphatic rings. The number of ether oxygens (including phenoxy) is 1. The topological polar surface area (TPSA) is 218 Å². The van der Waals surface area contributed by atoms with Gasteiger partial charge in [-0.2, -0.15) is 0 Å². The zero-order valence-electron chi connectivity index (χ0n) is 38.0. The first-order valence-corrected chi connectivity index (χ1v) is 25.1. The first-order chi connectivity index (χ1) is 29.9. The molecule has 10 rings (SSSR count). The number of allylic oxidation sites excluding steroid dienone is 5. The number of hydrogen-bond acceptors (Lipinski definition) is 12. The monoisotopic (exact) mass is 876 g/mol. The average molecular weight is 876 g/mol. The van der Waals surface area contributed by atoms with E-state index in [4.69, 9.17) is 10.5 Å². The van der Waals surface area contributed by atoms with Gasteiger partial charge in [-0.1, -0.05) is 51.3 Å². The molecule has 1 saturated heterocycles. The number of nitrogens with two attached hydrogens (primary N) is 1. The Balaban J connectivity index is 1.10. The SMILES string of the molecule is CCCC1CCC2OC3C(C(O)CCCC3(O)C(C)(O)C3CCC4(O)C5=C(NCC(C)O)C(=O)C6C7CCC8C(C9=CNC(N)C=C9)C=CC(CC34C)C5C86CC(O)C7O)C2CC1. The first kappa shape index (κ1) is 44.7. The van der Waals surface area contributed by atoms with Gasteiger partial charge in [0.1, 0.15) is 5.60 Å². The Hall–Kier alpha value is -2.13. The summed E-state index contributed by atoms with van der Waals surface area (Å²) in [6, 6.07) is 0. The van der Waals surface area contributed by atoms with Crippen LogP contribution in [0.25, 0.3) is 0 Å². The van der Waals surface area contributed by atoms with Gasteiger partial charge in [0.15, 0.2) is 5.78 Å². The lowest BCUT2D eigenvalue weighted by Crippen LogP contribution is -2.72. The molecule has 350 valence electrons. The standard InChI is InChI=1S/C51H77N3O9/c1-5-7-27-9-13-31-36(17-10-27)63-46-39(31)34(56)8-6-20-51(46,62)48(4,60)37-19-21-50(61)42-40-28(22-47(37,50)3)11-14-30(29-12-18-38(52)53-25-29)33-16-15-32-41(45(59)43(42)54-24-26(2)55)49(33,40)23-35(57)44(32)58/h11-12,14,18,25-28,30-41,44,46,53-58,60-62H,5-10,13,15-17,19-24,52H2,1-4H3. The summed E-state index contributed by atoms with van der Waals surface area (Å²) in [5.74, 6) is -2.38. The van der Waals surface area contributed by atoms with E-state index in [0.29, 0.717) is 49.3 Å². The van der Waals surface area contributed by atoms with Gasteiger partial charge in [0.05, 0.1) is 59.7 Å². The molecule has 12 nitrogen and oxygen atoms in total. The number of aliphatic hydroxyl groups excluding tert-OH is 4. The third kappa shape index (κ3) is 6.27. The van der Waals surface area contributed by atoms with Crippen LogP contribution < -0.4 is 16.4 Å². The maximum absolute atomic E-state index is 15.7. The van der Waals surface area contributed by atoms with Gasteiger partial charge in [-0.25, -0.2) is 0 Å². The molecule has 7 fully saturated rings. The van der Waals surface area contributed by atoms with Crippen LogP contribution >= 0.6 is 0 Å². The number of carbonyl (C=O) groups excluding carboxylic acids is 1. The molecule has 0 amide bonds. The zero-order chi connectivity index (χ0) is 44.6. The lowest BCUT2D eigenvalue weighted by molar-refractivity contribution is -0.258. The maximum Gasteiger partial charge on any atom is 0.182 e. The molecule has 63 heavy (non-hydrogen) atoms. The average Bonchev–Trinajstić information content (AvgIpc) is 3.56. The minimum atomic E-state index is -1.77. The number of nitrogens with one attached hydrogen (secondary N) is 2. The fourth-order valence-electron chi connectivity index (χ4n) is 17.6. The molecule has 0 aromatic heterocycles. The maximum atomic E-state index is 15.7. The summed E-state index contributed by atoms with van der Waals surface area (Å²) in [4.78, 5) is 15.7. The number of fused-ring (bicyclic) bond motifs is 5. The Morgan fingerprint density at radius 2 is 1.73 bits per heavy atom. The lowest BCUT2D eigenvalue weighted by atomic mass is 9.36. The summed E-state index contributed by atoms with van der Waals surface area (Å²) < 4.78 is 7.02. The fourth-order valence-corrected chi connectivity index (χ4v) is 17.6. The molecule has 8 aliphatic carbocycles. The van der Waals surface area contributed by atoms with Crippen molar-refractivity contribution in [2.24, 2.45) is 75.7 Å². The van der Waals surface area contributed by atoms with Crippen LogP contribution in [-0.4, -0.2) is 108 Å². The van der Waals surface area contributed by atoms with Gasteiger partial charge in [-0.05, 0) is 155 Å². The molecule has 0 radical (unpaired) electrons. The van der Waals surface area contributed by atoms with Crippen LogP contribution in [0.4, 0.5) is 0 Å². The van der Waals surface area contributed by atoms with Crippen molar-refractivity contribution in [1.29, 1.82) is 0 Å². The smallest absolute Gasteiger partial charge is 0.182 e. The Labute approximate surface area is 373 Å². The molecule has 0 aromatic carbocycles. The zero-order valence-corrected chi connectivity index (χ0v) is 38.0. The summed E-state index contributed by atoms with van der Waals surface area (Å²) in [6.07, 6.45) is 15.9. The highest BCUT2D eigenvalue weighted by Crippen LogP contribution is 2.76. The number of aliphatic hydroxyl groups is 7. The predicted molar refractivity (Wildman–Crippen MR) is 237 cm³/mol. The molecule has 22 unspecified atom stereocenters. The van der Waals surface area contributed by atoms with Crippen LogP contribution in [0, 0.1) is 70.0 Å². The highest BCUT2D eigenvalue weighted by atomic mass is 16.5. The molecule has 2 aliphatic heterocycles. The van der Waals surface area contributed by atoms with Gasteiger partial charge < -0.3 is 56.8 Å². The fraction of sp³-hybridized carbons (Fsp3) is 0.824. The summed E-state index contributed by atoms with van der Waals surface area (Å²) in [7, 11) is 0. The second kappa shape index (κ2) is 15.7. The van der Waals surface area contributed by atoms with E-state index in [9.17, 15) is 35.7 Å². The van der Waals surface area contributed by atoms with E-state index in [0.717, 1.165) is 44.1 Å². The van der Waals surface area contributed by atoms with Crippen LogP contribution in [0.15, 0.2) is 47.3 Å². The molecule has 6 saturated carbocycles. The van der Waals surface area contributed by atoms with Crippen LogP contribution in [0.3, 0.4) is 0 Å².